The van der Waals surface area contributed by atoms with Crippen molar-refractivity contribution in [3.63, 3.8) is 0 Å². The summed E-state index contributed by atoms with van der Waals surface area (Å²) in [6.45, 7) is 10.0. The van der Waals surface area contributed by atoms with Crippen LogP contribution in [0.5, 0.6) is 0 Å². The third kappa shape index (κ3) is 6.55. The van der Waals surface area contributed by atoms with E-state index in [9.17, 15) is 9.00 Å². The highest BCUT2D eigenvalue weighted by Crippen LogP contribution is 2.25. The first-order valence-electron chi connectivity index (χ1n) is 12.7. The highest BCUT2D eigenvalue weighted by atomic mass is 32.2. The normalized spacial score (nSPS) is 28.5. The maximum Gasteiger partial charge on any atom is 0.253 e. The van der Waals surface area contributed by atoms with Crippen LogP contribution in [0.3, 0.4) is 0 Å². The molecule has 0 aromatic heterocycles. The van der Waals surface area contributed by atoms with E-state index in [-0.39, 0.29) is 18.0 Å². The molecule has 188 valence electrons. The third-order valence-corrected chi connectivity index (χ3v) is 8.34. The second-order valence-corrected chi connectivity index (χ2v) is 11.4. The number of hydrogen-bond acceptors (Lipinski definition) is 5. The molecule has 1 fully saturated rings. The molecule has 3 aliphatic rings. The van der Waals surface area contributed by atoms with E-state index in [0.29, 0.717) is 31.1 Å². The molecule has 1 aromatic rings. The number of benzene rings is 1. The summed E-state index contributed by atoms with van der Waals surface area (Å²) in [4.78, 5) is 15.7. The minimum absolute atomic E-state index is 0.0154. The molecule has 0 saturated carbocycles. The lowest BCUT2D eigenvalue weighted by Crippen LogP contribution is -2.54. The zero-order valence-electron chi connectivity index (χ0n) is 21.0. The molecule has 35 heavy (non-hydrogen) atoms. The topological polar surface area (TPSA) is 68.6 Å². The first-order chi connectivity index (χ1) is 16.9. The number of rotatable bonds is 6. The quantitative estimate of drug-likeness (QED) is 0.572. The van der Waals surface area contributed by atoms with Gasteiger partial charge in [0.05, 0.1) is 6.04 Å². The first kappa shape index (κ1) is 25.5. The Bertz CT molecular complexity index is 1030. The van der Waals surface area contributed by atoms with Crippen molar-refractivity contribution in [1.82, 2.24) is 14.2 Å². The second-order valence-electron chi connectivity index (χ2n) is 9.91. The van der Waals surface area contributed by atoms with Gasteiger partial charge in [0.15, 0.2) is 0 Å². The Labute approximate surface area is 211 Å². The standard InChI is InChI=1S/C27H37N5O2S/c1-21(2)19-31-16-15-26(28-29-31)23-9-7-8-12-25(14-13-23)35(34)32-18-17-30(20-22(32)3)27(33)24-10-5-4-6-11-24/h4-7,9-11,13-14,21-22,26H,8,12,15-20H2,1-3H3/b9-7-,23-13+,25-14+. The van der Waals surface area contributed by atoms with Gasteiger partial charge in [-0.25, -0.2) is 8.51 Å². The molecule has 1 amide bonds. The van der Waals surface area contributed by atoms with E-state index in [0.717, 1.165) is 42.8 Å². The Balaban J connectivity index is 1.40. The van der Waals surface area contributed by atoms with Crippen LogP contribution < -0.4 is 0 Å². The predicted octanol–water partition coefficient (Wildman–Crippen LogP) is 4.75. The van der Waals surface area contributed by atoms with Crippen molar-refractivity contribution >= 4 is 16.9 Å². The van der Waals surface area contributed by atoms with Crippen molar-refractivity contribution in [3.05, 3.63) is 70.7 Å². The monoisotopic (exact) mass is 495 g/mol. The molecule has 8 heteroatoms. The lowest BCUT2D eigenvalue weighted by molar-refractivity contribution is 0.0648. The molecule has 0 radical (unpaired) electrons. The maximum absolute atomic E-state index is 13.6. The minimum atomic E-state index is -1.23. The van der Waals surface area contributed by atoms with E-state index < -0.39 is 11.0 Å². The number of allylic oxidation sites excluding steroid dienone is 4. The molecule has 3 atom stereocenters. The highest BCUT2D eigenvalue weighted by molar-refractivity contribution is 7.86. The molecular formula is C27H37N5O2S. The summed E-state index contributed by atoms with van der Waals surface area (Å²) in [5, 5.41) is 11.0. The van der Waals surface area contributed by atoms with Crippen molar-refractivity contribution in [2.45, 2.75) is 52.1 Å². The van der Waals surface area contributed by atoms with Gasteiger partial charge in [-0.1, -0.05) is 55.5 Å². The van der Waals surface area contributed by atoms with Crippen LogP contribution >= 0.6 is 0 Å². The zero-order chi connectivity index (χ0) is 24.8. The summed E-state index contributed by atoms with van der Waals surface area (Å²) in [5.74, 6) is 0.603. The van der Waals surface area contributed by atoms with Gasteiger partial charge in [-0.2, -0.15) is 5.11 Å². The molecule has 1 aromatic carbocycles. The molecule has 2 heterocycles. The van der Waals surface area contributed by atoms with E-state index in [1.165, 1.54) is 0 Å². The molecule has 2 aliphatic heterocycles. The molecule has 1 aliphatic carbocycles. The van der Waals surface area contributed by atoms with Crippen LogP contribution in [0.15, 0.2) is 75.5 Å². The van der Waals surface area contributed by atoms with E-state index in [2.05, 4.69) is 49.3 Å². The molecule has 7 nitrogen and oxygen atoms in total. The van der Waals surface area contributed by atoms with Gasteiger partial charge in [-0.15, -0.1) is 0 Å². The van der Waals surface area contributed by atoms with Crippen LogP contribution in [0.1, 0.15) is 50.4 Å². The number of amides is 1. The zero-order valence-corrected chi connectivity index (χ0v) is 21.9. The van der Waals surface area contributed by atoms with Crippen LogP contribution in [-0.2, 0) is 11.0 Å². The number of piperazine rings is 1. The van der Waals surface area contributed by atoms with Gasteiger partial charge in [-0.3, -0.25) is 9.80 Å². The summed E-state index contributed by atoms with van der Waals surface area (Å²) >= 11 is 0. The molecule has 1 saturated heterocycles. The average molecular weight is 496 g/mol. The van der Waals surface area contributed by atoms with Gasteiger partial charge < -0.3 is 4.90 Å². The van der Waals surface area contributed by atoms with E-state index in [4.69, 9.17) is 0 Å². The maximum atomic E-state index is 13.6. The Morgan fingerprint density at radius 2 is 1.94 bits per heavy atom. The largest absolute Gasteiger partial charge is 0.336 e. The second kappa shape index (κ2) is 11.9. The lowest BCUT2D eigenvalue weighted by Gasteiger charge is -2.39. The third-order valence-electron chi connectivity index (χ3n) is 6.58. The van der Waals surface area contributed by atoms with Crippen molar-refractivity contribution in [2.75, 3.05) is 32.7 Å². The molecule has 0 spiro atoms. The van der Waals surface area contributed by atoms with Crippen LogP contribution in [0.2, 0.25) is 0 Å². The van der Waals surface area contributed by atoms with Gasteiger partial charge in [-0.05, 0) is 55.9 Å². The fourth-order valence-corrected chi connectivity index (χ4v) is 6.14. The number of carbonyl (C=O) groups excluding carboxylic acids is 1. The fraction of sp³-hybridized carbons (Fsp3) is 0.519. The summed E-state index contributed by atoms with van der Waals surface area (Å²) in [7, 11) is -1.23. The smallest absolute Gasteiger partial charge is 0.253 e. The summed E-state index contributed by atoms with van der Waals surface area (Å²) in [6, 6.07) is 9.44. The van der Waals surface area contributed by atoms with E-state index in [1.54, 1.807) is 0 Å². The van der Waals surface area contributed by atoms with Crippen molar-refractivity contribution < 1.29 is 9.00 Å². The summed E-state index contributed by atoms with van der Waals surface area (Å²) in [5.41, 5.74) is 1.83. The van der Waals surface area contributed by atoms with Crippen LogP contribution in [-0.4, -0.2) is 69.1 Å². The van der Waals surface area contributed by atoms with E-state index >= 15 is 0 Å². The van der Waals surface area contributed by atoms with Crippen molar-refractivity contribution in [1.29, 1.82) is 0 Å². The highest BCUT2D eigenvalue weighted by Gasteiger charge is 2.31. The minimum Gasteiger partial charge on any atom is -0.336 e. The Kier molecular flexibility index (Phi) is 8.68. The van der Waals surface area contributed by atoms with Gasteiger partial charge in [0.2, 0.25) is 0 Å². The van der Waals surface area contributed by atoms with Gasteiger partial charge in [0.25, 0.3) is 5.91 Å². The molecule has 0 N–H and O–H groups in total. The van der Waals surface area contributed by atoms with Crippen molar-refractivity contribution in [3.8, 4) is 0 Å². The number of nitrogens with zero attached hydrogens (tertiary/aromatic N) is 5. The number of carbonyl (C=O) groups is 1. The average Bonchev–Trinajstić information content (AvgIpc) is 2.84. The van der Waals surface area contributed by atoms with Gasteiger partial charge in [0.1, 0.15) is 11.0 Å². The van der Waals surface area contributed by atoms with Crippen LogP contribution in [0.25, 0.3) is 0 Å². The predicted molar refractivity (Wildman–Crippen MR) is 141 cm³/mol. The van der Waals surface area contributed by atoms with Crippen molar-refractivity contribution in [2.24, 2.45) is 16.3 Å². The molecular weight excluding hydrogens is 458 g/mol. The number of hydrogen-bond donors (Lipinski definition) is 0. The Morgan fingerprint density at radius 1 is 1.14 bits per heavy atom. The van der Waals surface area contributed by atoms with Gasteiger partial charge in [0, 0.05) is 49.2 Å². The van der Waals surface area contributed by atoms with Crippen LogP contribution in [0.4, 0.5) is 0 Å². The fourth-order valence-electron chi connectivity index (χ4n) is 4.72. The van der Waals surface area contributed by atoms with E-state index in [1.807, 2.05) is 50.6 Å². The Hall–Kier alpha value is -2.58. The molecule has 4 rings (SSSR count). The summed E-state index contributed by atoms with van der Waals surface area (Å²) < 4.78 is 15.6. The van der Waals surface area contributed by atoms with Crippen LogP contribution in [0, 0.1) is 5.92 Å². The molecule has 3 unspecified atom stereocenters. The first-order valence-corrected chi connectivity index (χ1v) is 13.8. The molecule has 0 bridgehead atoms. The summed E-state index contributed by atoms with van der Waals surface area (Å²) in [6.07, 6.45) is 11.0. The lowest BCUT2D eigenvalue weighted by atomic mass is 10.0. The SMILES string of the molecule is CC(C)CN1CCC(C2=C/C=C(/S(=O)N3CCN(C(=O)c4ccccc4)CC3C)CC/C=C\2)N=N1. The Morgan fingerprint density at radius 3 is 2.63 bits per heavy atom. The van der Waals surface area contributed by atoms with Gasteiger partial charge >= 0.3 is 0 Å².